The summed E-state index contributed by atoms with van der Waals surface area (Å²) >= 11 is 0. The van der Waals surface area contributed by atoms with Gasteiger partial charge in [-0.15, -0.1) is 0 Å². The summed E-state index contributed by atoms with van der Waals surface area (Å²) in [6, 6.07) is 0.398. The Balaban J connectivity index is 1.09. The van der Waals surface area contributed by atoms with Crippen LogP contribution in [0, 0.1) is 41.4 Å². The second-order valence-corrected chi connectivity index (χ2v) is 16.6. The highest BCUT2D eigenvalue weighted by Gasteiger charge is 2.34. The SMILES string of the molecule is NCCCCCCCCC(CN)C1CCC(C2CCC(C3=CC[C@H](C4=CCC([C@H](N)CCCCCCCN)CC4)CC3)CC2)CC1. The van der Waals surface area contributed by atoms with Crippen molar-refractivity contribution in [1.82, 2.24) is 0 Å². The molecule has 46 heavy (non-hydrogen) atoms. The third-order valence-electron chi connectivity index (χ3n) is 13.6. The summed E-state index contributed by atoms with van der Waals surface area (Å²) in [4.78, 5) is 0. The fourth-order valence-corrected chi connectivity index (χ4v) is 10.3. The molecular formula is C42H78N4. The normalized spacial score (nSPS) is 30.4. The van der Waals surface area contributed by atoms with Gasteiger partial charge in [0, 0.05) is 6.04 Å². The first-order valence-electron chi connectivity index (χ1n) is 20.9. The van der Waals surface area contributed by atoms with E-state index in [0.29, 0.717) is 12.0 Å². The van der Waals surface area contributed by atoms with Gasteiger partial charge in [0.2, 0.25) is 0 Å². The predicted octanol–water partition coefficient (Wildman–Crippen LogP) is 9.94. The lowest BCUT2D eigenvalue weighted by molar-refractivity contribution is 0.127. The molecule has 4 heteroatoms. The number of nitrogens with two attached hydrogens (primary N) is 4. The lowest BCUT2D eigenvalue weighted by Crippen LogP contribution is -2.32. The molecule has 4 atom stereocenters. The van der Waals surface area contributed by atoms with E-state index < -0.39 is 0 Å². The number of hydrogen-bond donors (Lipinski definition) is 4. The van der Waals surface area contributed by atoms with Crippen LogP contribution in [-0.4, -0.2) is 25.7 Å². The quantitative estimate of drug-likeness (QED) is 0.0742. The maximum Gasteiger partial charge on any atom is 0.00702 e. The summed E-state index contributed by atoms with van der Waals surface area (Å²) in [6.45, 7) is 2.60. The summed E-state index contributed by atoms with van der Waals surface area (Å²) in [6.07, 6.45) is 42.1. The van der Waals surface area contributed by atoms with Crippen molar-refractivity contribution >= 4 is 0 Å². The first-order valence-corrected chi connectivity index (χ1v) is 20.9. The largest absolute Gasteiger partial charge is 0.330 e. The first-order chi connectivity index (χ1) is 22.6. The summed E-state index contributed by atoms with van der Waals surface area (Å²) in [5.41, 5.74) is 27.8. The molecule has 0 aliphatic heterocycles. The smallest absolute Gasteiger partial charge is 0.00702 e. The second kappa shape index (κ2) is 22.1. The molecule has 0 radical (unpaired) electrons. The molecule has 4 aliphatic rings. The first kappa shape index (κ1) is 38.1. The van der Waals surface area contributed by atoms with E-state index in [1.165, 1.54) is 173 Å². The third kappa shape index (κ3) is 12.6. The Bertz CT molecular complexity index is 850. The van der Waals surface area contributed by atoms with Gasteiger partial charge >= 0.3 is 0 Å². The zero-order chi connectivity index (χ0) is 32.4. The van der Waals surface area contributed by atoms with E-state index in [0.717, 1.165) is 55.1 Å². The van der Waals surface area contributed by atoms with Gasteiger partial charge in [0.15, 0.2) is 0 Å². The molecule has 2 unspecified atom stereocenters. The van der Waals surface area contributed by atoms with Gasteiger partial charge in [0.05, 0.1) is 0 Å². The fraction of sp³-hybridized carbons (Fsp3) is 0.905. The molecule has 4 rings (SSSR count). The Hall–Kier alpha value is -0.680. The van der Waals surface area contributed by atoms with Crippen molar-refractivity contribution in [3.05, 3.63) is 23.3 Å². The zero-order valence-electron chi connectivity index (χ0n) is 30.3. The van der Waals surface area contributed by atoms with Gasteiger partial charge in [-0.25, -0.2) is 0 Å². The van der Waals surface area contributed by atoms with Crippen molar-refractivity contribution < 1.29 is 0 Å². The van der Waals surface area contributed by atoms with Crippen LogP contribution in [0.25, 0.3) is 0 Å². The van der Waals surface area contributed by atoms with E-state index in [4.69, 9.17) is 22.9 Å². The highest BCUT2D eigenvalue weighted by Crippen LogP contribution is 2.46. The molecular weight excluding hydrogens is 560 g/mol. The van der Waals surface area contributed by atoms with E-state index in [9.17, 15) is 0 Å². The van der Waals surface area contributed by atoms with Crippen molar-refractivity contribution in [3.63, 3.8) is 0 Å². The summed E-state index contributed by atoms with van der Waals surface area (Å²) in [7, 11) is 0. The minimum atomic E-state index is 0.398. The van der Waals surface area contributed by atoms with Crippen LogP contribution in [0.2, 0.25) is 0 Å². The zero-order valence-corrected chi connectivity index (χ0v) is 30.3. The van der Waals surface area contributed by atoms with E-state index in [1.807, 2.05) is 5.57 Å². The van der Waals surface area contributed by atoms with Crippen LogP contribution in [-0.2, 0) is 0 Å². The van der Waals surface area contributed by atoms with Crippen molar-refractivity contribution in [2.75, 3.05) is 19.6 Å². The highest BCUT2D eigenvalue weighted by atomic mass is 14.6. The van der Waals surface area contributed by atoms with Gasteiger partial charge in [-0.05, 0) is 177 Å². The van der Waals surface area contributed by atoms with Crippen molar-refractivity contribution in [2.45, 2.75) is 179 Å². The van der Waals surface area contributed by atoms with Crippen LogP contribution in [0.3, 0.4) is 0 Å². The lowest BCUT2D eigenvalue weighted by atomic mass is 9.65. The van der Waals surface area contributed by atoms with Crippen molar-refractivity contribution in [2.24, 2.45) is 64.4 Å². The number of hydrogen-bond acceptors (Lipinski definition) is 4. The van der Waals surface area contributed by atoms with E-state index in [1.54, 1.807) is 5.57 Å². The molecule has 0 amide bonds. The van der Waals surface area contributed by atoms with Gasteiger partial charge in [0.25, 0.3) is 0 Å². The molecule has 0 spiro atoms. The maximum atomic E-state index is 6.66. The average Bonchev–Trinajstić information content (AvgIpc) is 3.11. The van der Waals surface area contributed by atoms with Crippen molar-refractivity contribution in [3.8, 4) is 0 Å². The summed E-state index contributed by atoms with van der Waals surface area (Å²) in [5.74, 6) is 6.09. The van der Waals surface area contributed by atoms with Crippen LogP contribution >= 0.6 is 0 Å². The monoisotopic (exact) mass is 639 g/mol. The molecule has 266 valence electrons. The van der Waals surface area contributed by atoms with Gasteiger partial charge < -0.3 is 22.9 Å². The number of allylic oxidation sites excluding steroid dienone is 4. The Morgan fingerprint density at radius 2 is 1.02 bits per heavy atom. The van der Waals surface area contributed by atoms with E-state index in [-0.39, 0.29) is 0 Å². The fourth-order valence-electron chi connectivity index (χ4n) is 10.3. The average molecular weight is 639 g/mol. The molecule has 0 bridgehead atoms. The van der Waals surface area contributed by atoms with Crippen molar-refractivity contribution in [1.29, 1.82) is 0 Å². The molecule has 2 fully saturated rings. The van der Waals surface area contributed by atoms with Gasteiger partial charge in [-0.1, -0.05) is 81.1 Å². The predicted molar refractivity (Wildman–Crippen MR) is 200 cm³/mol. The topological polar surface area (TPSA) is 104 Å². The molecule has 0 aromatic rings. The van der Waals surface area contributed by atoms with Gasteiger partial charge in [-0.3, -0.25) is 0 Å². The Labute approximate surface area is 286 Å². The van der Waals surface area contributed by atoms with Crippen LogP contribution in [0.5, 0.6) is 0 Å². The second-order valence-electron chi connectivity index (χ2n) is 16.6. The molecule has 0 saturated heterocycles. The molecule has 0 aromatic carbocycles. The minimum absolute atomic E-state index is 0.398. The maximum absolute atomic E-state index is 6.66. The van der Waals surface area contributed by atoms with Crippen LogP contribution in [0.1, 0.15) is 173 Å². The molecule has 2 saturated carbocycles. The highest BCUT2D eigenvalue weighted by molar-refractivity contribution is 5.19. The molecule has 0 heterocycles. The number of unbranched alkanes of at least 4 members (excludes halogenated alkanes) is 9. The molecule has 8 N–H and O–H groups in total. The summed E-state index contributed by atoms with van der Waals surface area (Å²) < 4.78 is 0. The third-order valence-corrected chi connectivity index (χ3v) is 13.6. The van der Waals surface area contributed by atoms with Crippen LogP contribution in [0.15, 0.2) is 23.3 Å². The number of rotatable bonds is 21. The standard InChI is InChI=1S/C42H78N4/c43-30-10-6-2-1-4-8-12-41(32-45)39-24-22-37(23-25-39)35-16-14-33(15-17-35)34-18-20-36(21-19-34)38-26-28-40(29-27-38)42(46)13-9-5-3-7-11-31-44/h18,26,33,35-37,39-42H,1-17,19-25,27-32,43-46H2/t33?,35?,36-,37?,39?,40?,41?,42+/m0/s1. The van der Waals surface area contributed by atoms with Crippen LogP contribution < -0.4 is 22.9 Å². The molecule has 4 aliphatic carbocycles. The molecule has 4 nitrogen and oxygen atoms in total. The minimum Gasteiger partial charge on any atom is -0.330 e. The van der Waals surface area contributed by atoms with E-state index in [2.05, 4.69) is 12.2 Å². The summed E-state index contributed by atoms with van der Waals surface area (Å²) in [5, 5.41) is 0. The lowest BCUT2D eigenvalue weighted by Gasteiger charge is -2.40. The van der Waals surface area contributed by atoms with Crippen LogP contribution in [0.4, 0.5) is 0 Å². The Morgan fingerprint density at radius 1 is 0.500 bits per heavy atom. The van der Waals surface area contributed by atoms with Gasteiger partial charge in [-0.2, -0.15) is 0 Å². The Kier molecular flexibility index (Phi) is 18.3. The van der Waals surface area contributed by atoms with E-state index >= 15 is 0 Å². The van der Waals surface area contributed by atoms with Gasteiger partial charge in [0.1, 0.15) is 0 Å². The Morgan fingerprint density at radius 3 is 1.57 bits per heavy atom. The molecule has 0 aromatic heterocycles.